The molecule has 2 aromatic heterocycles. The Labute approximate surface area is 177 Å². The minimum Gasteiger partial charge on any atom is -0.370 e. The van der Waals surface area contributed by atoms with Crippen LogP contribution in [0, 0.1) is 13.8 Å². The maximum atomic E-state index is 5.96. The number of aryl methyl sites for hydroxylation is 3. The lowest BCUT2D eigenvalue weighted by Crippen LogP contribution is -2.35. The first-order valence-corrected chi connectivity index (χ1v) is 10.2. The summed E-state index contributed by atoms with van der Waals surface area (Å²) in [6.07, 6.45) is 6.67. The Morgan fingerprint density at radius 3 is 2.44 bits per heavy atom. The summed E-state index contributed by atoms with van der Waals surface area (Å²) >= 11 is 1.82. The molecule has 3 N–H and O–H groups in total. The Morgan fingerprint density at radius 2 is 1.85 bits per heavy atom. The lowest BCUT2D eigenvalue weighted by molar-refractivity contribution is 0.344. The van der Waals surface area contributed by atoms with E-state index in [4.69, 9.17) is 15.7 Å². The summed E-state index contributed by atoms with van der Waals surface area (Å²) in [6.45, 7) is 5.15. The first-order valence-electron chi connectivity index (χ1n) is 9.39. The van der Waals surface area contributed by atoms with E-state index in [-0.39, 0.29) is 24.8 Å². The zero-order valence-electron chi connectivity index (χ0n) is 15.9. The predicted octanol–water partition coefficient (Wildman–Crippen LogP) is 4.52. The zero-order valence-corrected chi connectivity index (χ0v) is 18.4. The molecule has 2 aliphatic rings. The van der Waals surface area contributed by atoms with Gasteiger partial charge in [-0.15, -0.1) is 36.2 Å². The number of rotatable bonds is 7. The third-order valence-electron chi connectivity index (χ3n) is 5.24. The van der Waals surface area contributed by atoms with Crippen molar-refractivity contribution in [3.05, 3.63) is 33.2 Å². The van der Waals surface area contributed by atoms with Crippen molar-refractivity contribution in [3.8, 4) is 0 Å². The molecule has 27 heavy (non-hydrogen) atoms. The molecule has 2 aromatic rings. The quantitative estimate of drug-likeness (QED) is 0.632. The average molecular weight is 430 g/mol. The molecule has 2 heterocycles. The van der Waals surface area contributed by atoms with Gasteiger partial charge in [-0.25, -0.2) is 15.0 Å². The molecule has 0 atom stereocenters. The van der Waals surface area contributed by atoms with Crippen LogP contribution in [0.2, 0.25) is 0 Å². The summed E-state index contributed by atoms with van der Waals surface area (Å²) in [5.41, 5.74) is 8.31. The van der Waals surface area contributed by atoms with Crippen molar-refractivity contribution in [3.63, 3.8) is 0 Å². The predicted molar refractivity (Wildman–Crippen MR) is 117 cm³/mol. The topological polar surface area (TPSA) is 76.7 Å². The van der Waals surface area contributed by atoms with E-state index in [2.05, 4.69) is 30.2 Å². The summed E-state index contributed by atoms with van der Waals surface area (Å²) in [5, 5.41) is 4.75. The molecule has 4 rings (SSSR count). The molecular weight excluding hydrogens is 401 g/mol. The van der Waals surface area contributed by atoms with Crippen LogP contribution in [-0.4, -0.2) is 27.5 Å². The highest BCUT2D eigenvalue weighted by atomic mass is 35.5. The molecule has 2 saturated carbocycles. The molecule has 0 radical (unpaired) electrons. The van der Waals surface area contributed by atoms with Gasteiger partial charge in [-0.2, -0.15) is 0 Å². The standard InChI is InChI=1S/C19H27N5S.2ClH/c1-11-12(2)25-18(22-11)4-3-7-21-17-10-16(14-8-15(20)9-14)23-19(24-17)13-5-6-13;;/h10,13-15H,3-9,20H2,1-2H3,(H,21,23,24);2*1H. The fourth-order valence-electron chi connectivity index (χ4n) is 3.31. The number of halogens is 2. The van der Waals surface area contributed by atoms with Gasteiger partial charge in [0.1, 0.15) is 11.6 Å². The molecule has 0 unspecified atom stereocenters. The van der Waals surface area contributed by atoms with E-state index >= 15 is 0 Å². The second-order valence-electron chi connectivity index (χ2n) is 7.52. The number of hydrogen-bond donors (Lipinski definition) is 2. The third-order valence-corrected chi connectivity index (χ3v) is 6.38. The fraction of sp³-hybridized carbons (Fsp3) is 0.632. The van der Waals surface area contributed by atoms with Crippen molar-refractivity contribution >= 4 is 42.0 Å². The molecule has 150 valence electrons. The Balaban J connectivity index is 0.00000131. The van der Waals surface area contributed by atoms with E-state index in [1.807, 2.05) is 11.3 Å². The second kappa shape index (κ2) is 9.50. The molecule has 5 nitrogen and oxygen atoms in total. The average Bonchev–Trinajstić information content (AvgIpc) is 3.35. The van der Waals surface area contributed by atoms with Crippen molar-refractivity contribution in [2.24, 2.45) is 5.73 Å². The Kier molecular flexibility index (Phi) is 7.86. The SMILES string of the molecule is Cc1nc(CCCNc2cc(C3CC(N)C3)nc(C3CC3)n2)sc1C.Cl.Cl. The Morgan fingerprint density at radius 1 is 1.11 bits per heavy atom. The number of aromatic nitrogens is 3. The van der Waals surface area contributed by atoms with E-state index in [1.54, 1.807) is 0 Å². The minimum absolute atomic E-state index is 0. The minimum atomic E-state index is 0. The Hall–Kier alpha value is -0.950. The van der Waals surface area contributed by atoms with Gasteiger partial charge in [-0.05, 0) is 46.0 Å². The molecule has 0 spiro atoms. The summed E-state index contributed by atoms with van der Waals surface area (Å²) < 4.78 is 0. The number of nitrogens with zero attached hydrogens (tertiary/aromatic N) is 3. The highest BCUT2D eigenvalue weighted by molar-refractivity contribution is 7.11. The van der Waals surface area contributed by atoms with Crippen LogP contribution in [0.4, 0.5) is 5.82 Å². The highest BCUT2D eigenvalue weighted by Gasteiger charge is 2.32. The third kappa shape index (κ3) is 5.53. The molecule has 0 bridgehead atoms. The maximum absolute atomic E-state index is 5.96. The number of hydrogen-bond acceptors (Lipinski definition) is 6. The van der Waals surface area contributed by atoms with Crippen molar-refractivity contribution in [2.45, 2.75) is 70.3 Å². The van der Waals surface area contributed by atoms with Crippen LogP contribution >= 0.6 is 36.2 Å². The van der Waals surface area contributed by atoms with Crippen LogP contribution in [-0.2, 0) is 6.42 Å². The van der Waals surface area contributed by atoms with Crippen molar-refractivity contribution in [1.29, 1.82) is 0 Å². The van der Waals surface area contributed by atoms with Crippen molar-refractivity contribution < 1.29 is 0 Å². The van der Waals surface area contributed by atoms with E-state index < -0.39 is 0 Å². The first kappa shape index (κ1) is 22.3. The van der Waals surface area contributed by atoms with Crippen LogP contribution in [0.5, 0.6) is 0 Å². The lowest BCUT2D eigenvalue weighted by Gasteiger charge is -2.32. The van der Waals surface area contributed by atoms with Crippen LogP contribution in [0.1, 0.15) is 71.0 Å². The fourth-order valence-corrected chi connectivity index (χ4v) is 4.29. The summed E-state index contributed by atoms with van der Waals surface area (Å²) in [4.78, 5) is 15.5. The van der Waals surface area contributed by atoms with Crippen molar-refractivity contribution in [2.75, 3.05) is 11.9 Å². The Bertz CT molecular complexity index is 737. The zero-order chi connectivity index (χ0) is 17.4. The van der Waals surface area contributed by atoms with Gasteiger partial charge in [-0.1, -0.05) is 0 Å². The number of nitrogens with two attached hydrogens (primary N) is 1. The molecular formula is C19H29Cl2N5S. The van der Waals surface area contributed by atoms with Crippen LogP contribution in [0.3, 0.4) is 0 Å². The van der Waals surface area contributed by atoms with Gasteiger partial charge in [0, 0.05) is 47.5 Å². The first-order chi connectivity index (χ1) is 12.1. The van der Waals surface area contributed by atoms with E-state index in [0.717, 1.165) is 43.9 Å². The molecule has 0 saturated heterocycles. The van der Waals surface area contributed by atoms with Crippen molar-refractivity contribution in [1.82, 2.24) is 15.0 Å². The molecule has 0 aliphatic heterocycles. The molecule has 2 fully saturated rings. The summed E-state index contributed by atoms with van der Waals surface area (Å²) in [7, 11) is 0. The second-order valence-corrected chi connectivity index (χ2v) is 8.81. The highest BCUT2D eigenvalue weighted by Crippen LogP contribution is 2.41. The number of anilines is 1. The van der Waals surface area contributed by atoms with Crippen LogP contribution in [0.15, 0.2) is 6.07 Å². The van der Waals surface area contributed by atoms with Gasteiger partial charge >= 0.3 is 0 Å². The number of nitrogens with one attached hydrogen (secondary N) is 1. The van der Waals surface area contributed by atoms with Gasteiger partial charge in [0.2, 0.25) is 0 Å². The van der Waals surface area contributed by atoms with E-state index in [1.165, 1.54) is 34.1 Å². The van der Waals surface area contributed by atoms with Gasteiger partial charge in [0.25, 0.3) is 0 Å². The van der Waals surface area contributed by atoms with Gasteiger partial charge < -0.3 is 11.1 Å². The monoisotopic (exact) mass is 429 g/mol. The molecule has 0 aromatic carbocycles. The summed E-state index contributed by atoms with van der Waals surface area (Å²) in [6, 6.07) is 2.49. The largest absolute Gasteiger partial charge is 0.370 e. The van der Waals surface area contributed by atoms with Crippen LogP contribution in [0.25, 0.3) is 0 Å². The smallest absolute Gasteiger partial charge is 0.134 e. The van der Waals surface area contributed by atoms with E-state index in [9.17, 15) is 0 Å². The normalized spacial score (nSPS) is 21.0. The van der Waals surface area contributed by atoms with Gasteiger partial charge in [-0.3, -0.25) is 0 Å². The maximum Gasteiger partial charge on any atom is 0.134 e. The molecule has 0 amide bonds. The van der Waals surface area contributed by atoms with Gasteiger partial charge in [0.15, 0.2) is 0 Å². The van der Waals surface area contributed by atoms with E-state index in [0.29, 0.717) is 17.9 Å². The van der Waals surface area contributed by atoms with Gasteiger partial charge in [0.05, 0.1) is 10.7 Å². The summed E-state index contributed by atoms with van der Waals surface area (Å²) in [5.74, 6) is 3.12. The molecule has 2 aliphatic carbocycles. The van der Waals surface area contributed by atoms with Crippen LogP contribution < -0.4 is 11.1 Å². The molecule has 8 heteroatoms. The lowest BCUT2D eigenvalue weighted by atomic mass is 9.78. The number of thiazole rings is 1.